The molecule has 2 heteroatoms. The predicted octanol–water partition coefficient (Wildman–Crippen LogP) is 3.29. The minimum atomic E-state index is 0.0392. The quantitative estimate of drug-likeness (QED) is 0.530. The molecule has 15 heavy (non-hydrogen) atoms. The van der Waals surface area contributed by atoms with E-state index in [0.29, 0.717) is 5.41 Å². The summed E-state index contributed by atoms with van der Waals surface area (Å²) in [6, 6.07) is 0. The smallest absolute Gasteiger partial charge is 0.243 e. The molecule has 0 bridgehead atoms. The van der Waals surface area contributed by atoms with Gasteiger partial charge in [0, 0.05) is 6.54 Å². The summed E-state index contributed by atoms with van der Waals surface area (Å²) < 4.78 is 0. The molecule has 1 amide bonds. The second-order valence-corrected chi connectivity index (χ2v) is 5.15. The average Bonchev–Trinajstić information content (AvgIpc) is 2.11. The molecule has 0 spiro atoms. The van der Waals surface area contributed by atoms with Gasteiger partial charge in [-0.1, -0.05) is 40.2 Å². The summed E-state index contributed by atoms with van der Waals surface area (Å²) in [5.41, 5.74) is 0.350. The van der Waals surface area contributed by atoms with Gasteiger partial charge in [-0.25, -0.2) is 0 Å². The van der Waals surface area contributed by atoms with E-state index in [1.807, 2.05) is 6.08 Å². The lowest BCUT2D eigenvalue weighted by atomic mass is 9.90. The van der Waals surface area contributed by atoms with Gasteiger partial charge in [0.1, 0.15) is 0 Å². The highest BCUT2D eigenvalue weighted by molar-refractivity contribution is 5.87. The van der Waals surface area contributed by atoms with Gasteiger partial charge in [0.05, 0.1) is 0 Å². The Bertz CT molecular complexity index is 201. The number of carbonyl (C=O) groups is 1. The molecule has 2 nitrogen and oxygen atoms in total. The van der Waals surface area contributed by atoms with E-state index in [9.17, 15) is 4.79 Å². The van der Waals surface area contributed by atoms with Gasteiger partial charge in [0.15, 0.2) is 0 Å². The van der Waals surface area contributed by atoms with Crippen LogP contribution in [0.1, 0.15) is 53.4 Å². The van der Waals surface area contributed by atoms with E-state index >= 15 is 0 Å². The van der Waals surface area contributed by atoms with E-state index < -0.39 is 0 Å². The highest BCUT2D eigenvalue weighted by atomic mass is 16.1. The van der Waals surface area contributed by atoms with Gasteiger partial charge in [-0.15, -0.1) is 0 Å². The first kappa shape index (κ1) is 14.2. The number of hydrogen-bond acceptors (Lipinski definition) is 1. The number of amides is 1. The van der Waals surface area contributed by atoms with Crippen molar-refractivity contribution in [3.8, 4) is 0 Å². The molecule has 0 aromatic rings. The number of rotatable bonds is 6. The summed E-state index contributed by atoms with van der Waals surface area (Å²) >= 11 is 0. The Hall–Kier alpha value is -0.790. The maximum atomic E-state index is 11.2. The molecular weight excluding hydrogens is 186 g/mol. The summed E-state index contributed by atoms with van der Waals surface area (Å²) in [4.78, 5) is 11.2. The van der Waals surface area contributed by atoms with Crippen molar-refractivity contribution < 1.29 is 4.79 Å². The zero-order chi connectivity index (χ0) is 11.7. The van der Waals surface area contributed by atoms with Crippen LogP contribution in [0.15, 0.2) is 12.2 Å². The Morgan fingerprint density at radius 3 is 2.53 bits per heavy atom. The summed E-state index contributed by atoms with van der Waals surface area (Å²) in [5.74, 6) is 0.0392. The van der Waals surface area contributed by atoms with Crippen molar-refractivity contribution in [2.24, 2.45) is 5.41 Å². The Morgan fingerprint density at radius 2 is 2.00 bits per heavy atom. The van der Waals surface area contributed by atoms with Crippen molar-refractivity contribution in [1.29, 1.82) is 0 Å². The molecule has 0 fully saturated rings. The third-order valence-corrected chi connectivity index (χ3v) is 2.16. The molecule has 0 rings (SSSR count). The Kier molecular flexibility index (Phi) is 7.10. The van der Waals surface area contributed by atoms with Crippen LogP contribution >= 0.6 is 0 Å². The molecule has 0 aromatic carbocycles. The van der Waals surface area contributed by atoms with Crippen LogP contribution in [0.5, 0.6) is 0 Å². The first-order chi connectivity index (χ1) is 6.95. The zero-order valence-electron chi connectivity index (χ0n) is 10.6. The first-order valence-corrected chi connectivity index (χ1v) is 5.90. The van der Waals surface area contributed by atoms with Crippen LogP contribution in [-0.4, -0.2) is 12.5 Å². The van der Waals surface area contributed by atoms with Crippen molar-refractivity contribution in [3.63, 3.8) is 0 Å². The number of allylic oxidation sites excluding steroid dienone is 1. The van der Waals surface area contributed by atoms with E-state index in [0.717, 1.165) is 32.2 Å². The monoisotopic (exact) mass is 211 g/mol. The van der Waals surface area contributed by atoms with Crippen LogP contribution < -0.4 is 5.32 Å². The summed E-state index contributed by atoms with van der Waals surface area (Å²) in [6.07, 6.45) is 7.89. The second kappa shape index (κ2) is 7.49. The molecule has 0 aliphatic heterocycles. The standard InChI is InChI=1S/C13H25NO/c1-5-6-11-14-12(15)9-7-8-10-13(2,3)4/h7,9H,5-6,8,10-11H2,1-4H3,(H,14,15)/b9-7+. The van der Waals surface area contributed by atoms with E-state index in [4.69, 9.17) is 0 Å². The van der Waals surface area contributed by atoms with Crippen molar-refractivity contribution in [1.82, 2.24) is 5.32 Å². The lowest BCUT2D eigenvalue weighted by molar-refractivity contribution is -0.116. The van der Waals surface area contributed by atoms with Gasteiger partial charge in [-0.3, -0.25) is 4.79 Å². The molecule has 0 heterocycles. The van der Waals surface area contributed by atoms with Crippen molar-refractivity contribution in [2.45, 2.75) is 53.4 Å². The fourth-order valence-electron chi connectivity index (χ4n) is 1.15. The molecule has 0 atom stereocenters. The van der Waals surface area contributed by atoms with Crippen LogP contribution in [0.25, 0.3) is 0 Å². The van der Waals surface area contributed by atoms with Gasteiger partial charge < -0.3 is 5.32 Å². The van der Waals surface area contributed by atoms with E-state index in [1.165, 1.54) is 0 Å². The van der Waals surface area contributed by atoms with Crippen LogP contribution in [-0.2, 0) is 4.79 Å². The van der Waals surface area contributed by atoms with Crippen LogP contribution in [0.4, 0.5) is 0 Å². The molecule has 88 valence electrons. The van der Waals surface area contributed by atoms with Gasteiger partial charge >= 0.3 is 0 Å². The van der Waals surface area contributed by atoms with Gasteiger partial charge in [-0.05, 0) is 30.8 Å². The second-order valence-electron chi connectivity index (χ2n) is 5.15. The molecule has 0 unspecified atom stereocenters. The summed E-state index contributed by atoms with van der Waals surface area (Å²) in [7, 11) is 0. The van der Waals surface area contributed by atoms with Crippen molar-refractivity contribution in [3.05, 3.63) is 12.2 Å². The van der Waals surface area contributed by atoms with Crippen molar-refractivity contribution >= 4 is 5.91 Å². The van der Waals surface area contributed by atoms with Crippen molar-refractivity contribution in [2.75, 3.05) is 6.54 Å². The third kappa shape index (κ3) is 11.1. The normalized spacial score (nSPS) is 12.0. The zero-order valence-corrected chi connectivity index (χ0v) is 10.6. The fourth-order valence-corrected chi connectivity index (χ4v) is 1.15. The Morgan fingerprint density at radius 1 is 1.33 bits per heavy atom. The number of unbranched alkanes of at least 4 members (excludes halogenated alkanes) is 1. The van der Waals surface area contributed by atoms with E-state index in [2.05, 4.69) is 33.0 Å². The lowest BCUT2D eigenvalue weighted by Gasteiger charge is -2.15. The van der Waals surface area contributed by atoms with E-state index in [-0.39, 0.29) is 5.91 Å². The predicted molar refractivity (Wildman–Crippen MR) is 65.7 cm³/mol. The van der Waals surface area contributed by atoms with Crippen LogP contribution in [0.2, 0.25) is 0 Å². The topological polar surface area (TPSA) is 29.1 Å². The molecule has 0 aromatic heterocycles. The number of hydrogen-bond donors (Lipinski definition) is 1. The highest BCUT2D eigenvalue weighted by Gasteiger charge is 2.07. The first-order valence-electron chi connectivity index (χ1n) is 5.90. The van der Waals surface area contributed by atoms with Crippen LogP contribution in [0.3, 0.4) is 0 Å². The SMILES string of the molecule is CCCCNC(=O)/C=C/CCC(C)(C)C. The minimum Gasteiger partial charge on any atom is -0.353 e. The average molecular weight is 211 g/mol. The summed E-state index contributed by atoms with van der Waals surface area (Å²) in [5, 5.41) is 2.86. The molecule has 0 saturated carbocycles. The Labute approximate surface area is 94.1 Å². The minimum absolute atomic E-state index is 0.0392. The maximum absolute atomic E-state index is 11.2. The molecule has 0 aliphatic carbocycles. The molecule has 0 aliphatic rings. The Balaban J connectivity index is 3.55. The highest BCUT2D eigenvalue weighted by Crippen LogP contribution is 2.20. The third-order valence-electron chi connectivity index (χ3n) is 2.16. The number of nitrogens with one attached hydrogen (secondary N) is 1. The molecule has 1 N–H and O–H groups in total. The largest absolute Gasteiger partial charge is 0.353 e. The van der Waals surface area contributed by atoms with Crippen LogP contribution in [0, 0.1) is 5.41 Å². The fraction of sp³-hybridized carbons (Fsp3) is 0.769. The summed E-state index contributed by atoms with van der Waals surface area (Å²) in [6.45, 7) is 9.54. The lowest BCUT2D eigenvalue weighted by Crippen LogP contribution is -2.21. The van der Waals surface area contributed by atoms with E-state index in [1.54, 1.807) is 6.08 Å². The van der Waals surface area contributed by atoms with Gasteiger partial charge in [0.25, 0.3) is 0 Å². The molecule has 0 radical (unpaired) electrons. The molecular formula is C13H25NO. The number of carbonyl (C=O) groups excluding carboxylic acids is 1. The van der Waals surface area contributed by atoms with Gasteiger partial charge in [-0.2, -0.15) is 0 Å². The molecule has 0 saturated heterocycles. The van der Waals surface area contributed by atoms with Gasteiger partial charge in [0.2, 0.25) is 5.91 Å². The maximum Gasteiger partial charge on any atom is 0.243 e.